The zero-order valence-corrected chi connectivity index (χ0v) is 14.0. The highest BCUT2D eigenvalue weighted by molar-refractivity contribution is 9.11. The monoisotopic (exact) mass is 374 g/mol. The summed E-state index contributed by atoms with van der Waals surface area (Å²) in [5.41, 5.74) is 0. The standard InChI is InChI=1S/C10H15BrN2O2S2.ClH/c1-13(8-3-2-6-12-7-8)17(14,15)10-5-4-9(11)16-10;/h4-5,8,12H,2-3,6-7H2,1H3;1H/t8-;/m1./s1. The van der Waals surface area contributed by atoms with Gasteiger partial charge in [-0.05, 0) is 47.4 Å². The van der Waals surface area contributed by atoms with Crippen molar-refractivity contribution in [1.82, 2.24) is 9.62 Å². The third-order valence-corrected chi connectivity index (χ3v) is 6.97. The normalized spacial score (nSPS) is 20.7. The number of likely N-dealkylation sites (N-methyl/N-ethyl adjacent to an activating group) is 1. The van der Waals surface area contributed by atoms with Crippen molar-refractivity contribution in [3.8, 4) is 0 Å². The summed E-state index contributed by atoms with van der Waals surface area (Å²) in [6.07, 6.45) is 1.95. The fourth-order valence-corrected chi connectivity index (χ4v) is 5.50. The molecule has 1 aromatic heterocycles. The zero-order chi connectivity index (χ0) is 12.5. The molecule has 1 saturated heterocycles. The first kappa shape index (κ1) is 16.4. The maximum Gasteiger partial charge on any atom is 0.252 e. The van der Waals surface area contributed by atoms with E-state index in [4.69, 9.17) is 0 Å². The maximum absolute atomic E-state index is 12.3. The molecule has 0 saturated carbocycles. The van der Waals surface area contributed by atoms with Crippen LogP contribution in [0.3, 0.4) is 0 Å². The van der Waals surface area contributed by atoms with Gasteiger partial charge in [-0.2, -0.15) is 4.31 Å². The van der Waals surface area contributed by atoms with Crippen molar-refractivity contribution in [2.45, 2.75) is 23.1 Å². The molecule has 0 aliphatic carbocycles. The van der Waals surface area contributed by atoms with Gasteiger partial charge >= 0.3 is 0 Å². The molecule has 2 heterocycles. The molecular formula is C10H16BrClN2O2S2. The van der Waals surface area contributed by atoms with E-state index in [1.54, 1.807) is 19.2 Å². The SMILES string of the molecule is CN([C@@H]1CCCNC1)S(=O)(=O)c1ccc(Br)s1.Cl. The molecule has 1 atom stereocenters. The van der Waals surface area contributed by atoms with E-state index >= 15 is 0 Å². The summed E-state index contributed by atoms with van der Waals surface area (Å²) in [5, 5.41) is 3.23. The Hall–Kier alpha value is 0.340. The Kier molecular flexibility index (Phi) is 6.08. The third kappa shape index (κ3) is 3.46. The predicted octanol–water partition coefficient (Wildman–Crippen LogP) is 2.30. The van der Waals surface area contributed by atoms with Crippen LogP contribution in [-0.4, -0.2) is 38.9 Å². The number of nitrogens with zero attached hydrogens (tertiary/aromatic N) is 1. The van der Waals surface area contributed by atoms with Gasteiger partial charge in [0.15, 0.2) is 0 Å². The van der Waals surface area contributed by atoms with E-state index in [2.05, 4.69) is 21.2 Å². The topological polar surface area (TPSA) is 49.4 Å². The van der Waals surface area contributed by atoms with E-state index in [-0.39, 0.29) is 18.4 Å². The van der Waals surface area contributed by atoms with Gasteiger partial charge in [-0.15, -0.1) is 23.7 Å². The van der Waals surface area contributed by atoms with Gasteiger partial charge in [-0.3, -0.25) is 0 Å². The molecule has 104 valence electrons. The maximum atomic E-state index is 12.3. The Morgan fingerprint density at radius 3 is 2.72 bits per heavy atom. The number of sulfonamides is 1. The van der Waals surface area contributed by atoms with Gasteiger partial charge in [0.2, 0.25) is 0 Å². The molecule has 1 N–H and O–H groups in total. The van der Waals surface area contributed by atoms with Crippen molar-refractivity contribution in [1.29, 1.82) is 0 Å². The van der Waals surface area contributed by atoms with E-state index in [0.29, 0.717) is 4.21 Å². The first-order chi connectivity index (χ1) is 8.01. The Bertz CT molecular complexity index is 486. The lowest BCUT2D eigenvalue weighted by Gasteiger charge is -2.30. The fourth-order valence-electron chi connectivity index (χ4n) is 1.92. The Balaban J connectivity index is 0.00000162. The van der Waals surface area contributed by atoms with Crippen LogP contribution in [0.4, 0.5) is 0 Å². The largest absolute Gasteiger partial charge is 0.315 e. The van der Waals surface area contributed by atoms with Crippen molar-refractivity contribution in [3.05, 3.63) is 15.9 Å². The number of nitrogens with one attached hydrogen (secondary N) is 1. The molecule has 1 fully saturated rings. The molecule has 0 unspecified atom stereocenters. The molecule has 2 rings (SSSR count). The van der Waals surface area contributed by atoms with Crippen LogP contribution in [0.15, 0.2) is 20.1 Å². The highest BCUT2D eigenvalue weighted by atomic mass is 79.9. The Morgan fingerprint density at radius 2 is 2.22 bits per heavy atom. The van der Waals surface area contributed by atoms with Gasteiger partial charge < -0.3 is 5.32 Å². The summed E-state index contributed by atoms with van der Waals surface area (Å²) in [4.78, 5) is 0. The number of hydrogen-bond acceptors (Lipinski definition) is 4. The quantitative estimate of drug-likeness (QED) is 0.882. The lowest BCUT2D eigenvalue weighted by atomic mass is 10.1. The Labute approximate surface area is 126 Å². The van der Waals surface area contributed by atoms with E-state index < -0.39 is 10.0 Å². The van der Waals surface area contributed by atoms with Crippen LogP contribution < -0.4 is 5.32 Å². The van der Waals surface area contributed by atoms with Crippen molar-refractivity contribution in [3.63, 3.8) is 0 Å². The van der Waals surface area contributed by atoms with Crippen LogP contribution in [0.5, 0.6) is 0 Å². The predicted molar refractivity (Wildman–Crippen MR) is 80.1 cm³/mol. The lowest BCUT2D eigenvalue weighted by Crippen LogP contribution is -2.46. The van der Waals surface area contributed by atoms with Gasteiger partial charge in [0, 0.05) is 19.6 Å². The molecule has 1 aliphatic rings. The van der Waals surface area contributed by atoms with E-state index in [1.165, 1.54) is 15.6 Å². The second kappa shape index (κ2) is 6.67. The van der Waals surface area contributed by atoms with Crippen molar-refractivity contribution < 1.29 is 8.42 Å². The molecule has 0 amide bonds. The summed E-state index contributed by atoms with van der Waals surface area (Å²) in [7, 11) is -1.67. The van der Waals surface area contributed by atoms with Crippen LogP contribution in [0.25, 0.3) is 0 Å². The number of piperidine rings is 1. The minimum atomic E-state index is -3.34. The summed E-state index contributed by atoms with van der Waals surface area (Å²) >= 11 is 4.55. The average Bonchev–Trinajstić information content (AvgIpc) is 2.77. The smallest absolute Gasteiger partial charge is 0.252 e. The molecule has 4 nitrogen and oxygen atoms in total. The number of rotatable bonds is 3. The first-order valence-corrected chi connectivity index (χ1v) is 8.51. The van der Waals surface area contributed by atoms with Crippen LogP contribution in [0, 0.1) is 0 Å². The van der Waals surface area contributed by atoms with Gasteiger partial charge in [0.25, 0.3) is 10.0 Å². The summed E-state index contributed by atoms with van der Waals surface area (Å²) in [5.74, 6) is 0. The summed E-state index contributed by atoms with van der Waals surface area (Å²) in [6.45, 7) is 1.72. The number of hydrogen-bond donors (Lipinski definition) is 1. The summed E-state index contributed by atoms with van der Waals surface area (Å²) < 4.78 is 27.4. The first-order valence-electron chi connectivity index (χ1n) is 5.46. The van der Waals surface area contributed by atoms with Gasteiger partial charge in [-0.1, -0.05) is 0 Å². The molecular weight excluding hydrogens is 360 g/mol. The number of halogens is 2. The second-order valence-electron chi connectivity index (χ2n) is 4.08. The average molecular weight is 376 g/mol. The highest BCUT2D eigenvalue weighted by Crippen LogP contribution is 2.29. The molecule has 0 bridgehead atoms. The minimum absolute atomic E-state index is 0. The second-order valence-corrected chi connectivity index (χ2v) is 8.77. The molecule has 0 spiro atoms. The van der Waals surface area contributed by atoms with E-state index in [0.717, 1.165) is 29.7 Å². The van der Waals surface area contributed by atoms with Crippen LogP contribution >= 0.6 is 39.7 Å². The Morgan fingerprint density at radius 1 is 1.50 bits per heavy atom. The molecule has 0 radical (unpaired) electrons. The van der Waals surface area contributed by atoms with Crippen LogP contribution in [0.2, 0.25) is 0 Å². The minimum Gasteiger partial charge on any atom is -0.315 e. The molecule has 1 aliphatic heterocycles. The highest BCUT2D eigenvalue weighted by Gasteiger charge is 2.29. The van der Waals surface area contributed by atoms with Gasteiger partial charge in [0.05, 0.1) is 3.79 Å². The van der Waals surface area contributed by atoms with E-state index in [1.807, 2.05) is 0 Å². The van der Waals surface area contributed by atoms with Gasteiger partial charge in [0.1, 0.15) is 4.21 Å². The fraction of sp³-hybridized carbons (Fsp3) is 0.600. The third-order valence-electron chi connectivity index (χ3n) is 2.97. The summed E-state index contributed by atoms with van der Waals surface area (Å²) in [6, 6.07) is 3.48. The van der Waals surface area contributed by atoms with Crippen molar-refractivity contribution in [2.75, 3.05) is 20.1 Å². The van der Waals surface area contributed by atoms with E-state index in [9.17, 15) is 8.42 Å². The molecule has 1 aromatic rings. The van der Waals surface area contributed by atoms with Gasteiger partial charge in [-0.25, -0.2) is 8.42 Å². The molecule has 0 aromatic carbocycles. The zero-order valence-electron chi connectivity index (χ0n) is 9.93. The molecule has 18 heavy (non-hydrogen) atoms. The lowest BCUT2D eigenvalue weighted by molar-refractivity contribution is 0.300. The van der Waals surface area contributed by atoms with Crippen molar-refractivity contribution >= 4 is 49.7 Å². The van der Waals surface area contributed by atoms with Crippen LogP contribution in [-0.2, 0) is 10.0 Å². The molecule has 8 heteroatoms. The number of thiophene rings is 1. The van der Waals surface area contributed by atoms with Crippen molar-refractivity contribution in [2.24, 2.45) is 0 Å². The van der Waals surface area contributed by atoms with Crippen LogP contribution in [0.1, 0.15) is 12.8 Å².